The van der Waals surface area contributed by atoms with Crippen LogP contribution >= 0.6 is 0 Å². The molecule has 0 atom stereocenters. The van der Waals surface area contributed by atoms with Crippen molar-refractivity contribution in [3.8, 4) is 0 Å². The molecule has 0 aliphatic heterocycles. The van der Waals surface area contributed by atoms with Gasteiger partial charge in [-0.25, -0.2) is 23.3 Å². The zero-order valence-electron chi connectivity index (χ0n) is 24.3. The van der Waals surface area contributed by atoms with Gasteiger partial charge in [0.1, 0.15) is 24.8 Å². The lowest BCUT2D eigenvalue weighted by molar-refractivity contribution is -0.671. The summed E-state index contributed by atoms with van der Waals surface area (Å²) in [5, 5.41) is 18.7. The second-order valence-electron chi connectivity index (χ2n) is 10.5. The number of aliphatic imine (C=N–C) groups is 1. The Bertz CT molecular complexity index is 1590. The molecule has 0 saturated carbocycles. The van der Waals surface area contributed by atoms with E-state index in [4.69, 9.17) is 16.1 Å². The van der Waals surface area contributed by atoms with E-state index in [1.54, 1.807) is 6.08 Å². The fourth-order valence-corrected chi connectivity index (χ4v) is 4.68. The van der Waals surface area contributed by atoms with E-state index in [1.807, 2.05) is 90.2 Å². The number of allylic oxidation sites excluding steroid dienone is 2. The Kier molecular flexibility index (Phi) is 9.13. The molecular weight excluding hydrogens is 524 g/mol. The average molecular weight is 565 g/mol. The van der Waals surface area contributed by atoms with Crippen LogP contribution in [0.15, 0.2) is 115 Å². The minimum absolute atomic E-state index is 0.320. The van der Waals surface area contributed by atoms with Gasteiger partial charge in [-0.2, -0.15) is 0 Å². The minimum atomic E-state index is 0.320. The number of nitrogens with zero attached hydrogens (tertiary/aromatic N) is 5. The van der Waals surface area contributed by atoms with E-state index in [9.17, 15) is 0 Å². The van der Waals surface area contributed by atoms with Gasteiger partial charge in [-0.15, -0.1) is 0 Å². The maximum atomic E-state index is 8.42. The van der Waals surface area contributed by atoms with Gasteiger partial charge in [0.2, 0.25) is 12.7 Å². The molecule has 1 aliphatic carbocycles. The monoisotopic (exact) mass is 564 g/mol. The molecule has 0 saturated heterocycles. The van der Waals surface area contributed by atoms with Crippen molar-refractivity contribution in [1.82, 2.24) is 9.13 Å². The van der Waals surface area contributed by atoms with Crippen molar-refractivity contribution in [3.63, 3.8) is 0 Å². The van der Waals surface area contributed by atoms with Gasteiger partial charge in [-0.3, -0.25) is 5.41 Å². The van der Waals surface area contributed by atoms with E-state index in [1.165, 1.54) is 0 Å². The quantitative estimate of drug-likeness (QED) is 0.0963. The minimum Gasteiger partial charge on any atom is -0.397 e. The number of aromatic nitrogens is 4. The fourth-order valence-electron chi connectivity index (χ4n) is 4.68. The van der Waals surface area contributed by atoms with E-state index in [-0.39, 0.29) is 0 Å². The summed E-state index contributed by atoms with van der Waals surface area (Å²) in [7, 11) is 4.05. The van der Waals surface area contributed by atoms with Gasteiger partial charge < -0.3 is 21.7 Å². The van der Waals surface area contributed by atoms with Crippen LogP contribution in [-0.2, 0) is 27.2 Å². The molecule has 0 bridgehead atoms. The summed E-state index contributed by atoms with van der Waals surface area (Å²) < 4.78 is 8.45. The van der Waals surface area contributed by atoms with Crippen molar-refractivity contribution in [2.24, 2.45) is 24.8 Å². The first-order valence-corrected chi connectivity index (χ1v) is 14.2. The van der Waals surface area contributed by atoms with Gasteiger partial charge in [0, 0.05) is 43.0 Å². The molecule has 2 aromatic heterocycles. The highest BCUT2D eigenvalue weighted by atomic mass is 15.1. The molecular formula is C32H40N10+2. The molecule has 0 fully saturated rings. The van der Waals surface area contributed by atoms with Crippen LogP contribution in [0.5, 0.6) is 0 Å². The SMILES string of the molecule is C[n+]1ccn(CCCNc2ccc(N=C3C=C(Nc4ccc(NCCCn5cc[n+](C)c5)cc4)C(=N)C=C3N)cc2)c1. The second kappa shape index (κ2) is 13.5. The molecule has 10 nitrogen and oxygen atoms in total. The number of aryl methyl sites for hydroxylation is 4. The van der Waals surface area contributed by atoms with Crippen molar-refractivity contribution in [1.29, 1.82) is 5.41 Å². The van der Waals surface area contributed by atoms with E-state index < -0.39 is 0 Å². The number of rotatable bonds is 13. The van der Waals surface area contributed by atoms with Crippen molar-refractivity contribution < 1.29 is 9.13 Å². The third-order valence-electron chi connectivity index (χ3n) is 6.94. The topological polar surface area (TPSA) is 116 Å². The molecule has 2 heterocycles. The van der Waals surface area contributed by atoms with Crippen LogP contribution in [0.4, 0.5) is 22.7 Å². The van der Waals surface area contributed by atoms with Crippen molar-refractivity contribution in [2.45, 2.75) is 25.9 Å². The van der Waals surface area contributed by atoms with E-state index in [2.05, 4.69) is 50.1 Å². The Labute approximate surface area is 247 Å². The smallest absolute Gasteiger partial charge is 0.243 e. The van der Waals surface area contributed by atoms with Crippen LogP contribution in [-0.4, -0.2) is 33.6 Å². The summed E-state index contributed by atoms with van der Waals surface area (Å²) >= 11 is 0. The Morgan fingerprint density at radius 1 is 0.762 bits per heavy atom. The Morgan fingerprint density at radius 3 is 1.81 bits per heavy atom. The van der Waals surface area contributed by atoms with Gasteiger partial charge in [-0.05, 0) is 60.7 Å². The number of imidazole rings is 2. The number of benzene rings is 2. The summed E-state index contributed by atoms with van der Waals surface area (Å²) in [6.07, 6.45) is 18.0. The number of nitrogens with one attached hydrogen (secondary N) is 4. The molecule has 216 valence electrons. The molecule has 1 aliphatic rings. The first kappa shape index (κ1) is 28.4. The summed E-state index contributed by atoms with van der Waals surface area (Å²) in [6, 6.07) is 16.1. The normalized spacial score (nSPS) is 14.0. The summed E-state index contributed by atoms with van der Waals surface area (Å²) in [4.78, 5) is 4.75. The van der Waals surface area contributed by atoms with Gasteiger partial charge in [0.05, 0.1) is 55.7 Å². The molecule has 2 aromatic carbocycles. The van der Waals surface area contributed by atoms with Gasteiger partial charge in [0.25, 0.3) is 0 Å². The summed E-state index contributed by atoms with van der Waals surface area (Å²) in [6.45, 7) is 3.72. The Morgan fingerprint density at radius 2 is 1.29 bits per heavy atom. The molecule has 42 heavy (non-hydrogen) atoms. The fraction of sp³-hybridized carbons (Fsp3) is 0.250. The number of nitrogens with two attached hydrogens (primary N) is 1. The van der Waals surface area contributed by atoms with Gasteiger partial charge in [0.15, 0.2) is 0 Å². The van der Waals surface area contributed by atoms with Crippen LogP contribution in [0.25, 0.3) is 0 Å². The maximum absolute atomic E-state index is 8.42. The Hall–Kier alpha value is -5.12. The van der Waals surface area contributed by atoms with Gasteiger partial charge >= 0.3 is 0 Å². The van der Waals surface area contributed by atoms with Crippen LogP contribution in [0.3, 0.4) is 0 Å². The van der Waals surface area contributed by atoms with Crippen LogP contribution in [0.1, 0.15) is 12.8 Å². The molecule has 6 N–H and O–H groups in total. The predicted molar refractivity (Wildman–Crippen MR) is 169 cm³/mol. The van der Waals surface area contributed by atoms with E-state index in [0.717, 1.165) is 61.8 Å². The van der Waals surface area contributed by atoms with E-state index >= 15 is 0 Å². The standard InChI is InChI=1S/C32H40N10/c1-39-17-19-41(23-39)15-3-13-35-25-5-9-27(10-6-25)37-31-22-32(30(34)21-29(31)33)38-28-11-7-26(8-12-28)36-14-4-16-42-20-18-40(2)24-42/h5-12,17-24,33,35-37H,3-4,13-16,34H2,1-2H3/q+2. The highest BCUT2D eigenvalue weighted by Gasteiger charge is 2.15. The maximum Gasteiger partial charge on any atom is 0.243 e. The van der Waals surface area contributed by atoms with Crippen molar-refractivity contribution in [2.75, 3.05) is 29.0 Å². The lowest BCUT2D eigenvalue weighted by Crippen LogP contribution is -2.23. The number of hydrogen-bond acceptors (Lipinski definition) is 6. The highest BCUT2D eigenvalue weighted by Crippen LogP contribution is 2.21. The largest absolute Gasteiger partial charge is 0.397 e. The molecule has 0 spiro atoms. The van der Waals surface area contributed by atoms with Crippen LogP contribution in [0, 0.1) is 5.41 Å². The molecule has 5 rings (SSSR count). The highest BCUT2D eigenvalue weighted by molar-refractivity contribution is 6.23. The lowest BCUT2D eigenvalue weighted by atomic mass is 10.0. The number of anilines is 3. The first-order valence-electron chi connectivity index (χ1n) is 14.2. The van der Waals surface area contributed by atoms with Crippen molar-refractivity contribution in [3.05, 3.63) is 110 Å². The van der Waals surface area contributed by atoms with Crippen LogP contribution < -0.4 is 30.8 Å². The third kappa shape index (κ3) is 7.97. The number of hydrogen-bond donors (Lipinski definition) is 5. The first-order chi connectivity index (χ1) is 20.4. The van der Waals surface area contributed by atoms with Gasteiger partial charge in [-0.1, -0.05) is 0 Å². The second-order valence-corrected chi connectivity index (χ2v) is 10.5. The molecule has 0 amide bonds. The molecule has 0 unspecified atom stereocenters. The van der Waals surface area contributed by atoms with E-state index in [0.29, 0.717) is 22.8 Å². The molecule has 10 heteroatoms. The van der Waals surface area contributed by atoms with Crippen molar-refractivity contribution >= 4 is 34.2 Å². The average Bonchev–Trinajstić information content (AvgIpc) is 3.60. The molecule has 0 radical (unpaired) electrons. The zero-order chi connectivity index (χ0) is 29.3. The lowest BCUT2D eigenvalue weighted by Gasteiger charge is -2.17. The zero-order valence-corrected chi connectivity index (χ0v) is 24.3. The van der Waals surface area contributed by atoms with Crippen LogP contribution in [0.2, 0.25) is 0 Å². The third-order valence-corrected chi connectivity index (χ3v) is 6.94. The Balaban J connectivity index is 1.12. The molecule has 4 aromatic rings. The summed E-state index contributed by atoms with van der Waals surface area (Å²) in [5.41, 5.74) is 12.1. The summed E-state index contributed by atoms with van der Waals surface area (Å²) in [5.74, 6) is 0. The predicted octanol–water partition coefficient (Wildman–Crippen LogP) is 3.89.